The molecule has 2 aromatic rings. The van der Waals surface area contributed by atoms with Crippen LogP contribution >= 0.6 is 11.8 Å². The quantitative estimate of drug-likeness (QED) is 0.646. The average Bonchev–Trinajstić information content (AvgIpc) is 2.82. The number of nitrogens with zero attached hydrogens (tertiary/aromatic N) is 2. The van der Waals surface area contributed by atoms with Crippen molar-refractivity contribution in [1.29, 1.82) is 0 Å². The monoisotopic (exact) mass is 318 g/mol. The van der Waals surface area contributed by atoms with Crippen LogP contribution in [0, 0.1) is 13.8 Å². The lowest BCUT2D eigenvalue weighted by Gasteiger charge is -2.08. The van der Waals surface area contributed by atoms with E-state index in [4.69, 9.17) is 0 Å². The van der Waals surface area contributed by atoms with Crippen molar-refractivity contribution in [2.75, 3.05) is 5.75 Å². The van der Waals surface area contributed by atoms with Crippen LogP contribution in [0.5, 0.6) is 0 Å². The largest absolute Gasteiger partial charge is 0.272 e. The molecule has 0 radical (unpaired) electrons. The van der Waals surface area contributed by atoms with Crippen LogP contribution in [0.2, 0.25) is 0 Å². The lowest BCUT2D eigenvalue weighted by molar-refractivity contribution is -0.128. The first kappa shape index (κ1) is 16.1. The minimum atomic E-state index is -0.315. The van der Waals surface area contributed by atoms with Crippen LogP contribution in [0.15, 0.2) is 41.3 Å². The maximum atomic E-state index is 11.8. The second kappa shape index (κ2) is 7.65. The number of carbonyl (C=O) groups excluding carboxylic acids is 2. The van der Waals surface area contributed by atoms with Gasteiger partial charge in [0.05, 0.1) is 11.4 Å². The van der Waals surface area contributed by atoms with Gasteiger partial charge in [0.1, 0.15) is 6.54 Å². The molecule has 0 aliphatic heterocycles. The van der Waals surface area contributed by atoms with Gasteiger partial charge in [0.2, 0.25) is 5.91 Å². The molecule has 0 saturated carbocycles. The van der Waals surface area contributed by atoms with E-state index in [1.54, 1.807) is 4.68 Å². The topological polar surface area (TPSA) is 76.0 Å². The van der Waals surface area contributed by atoms with E-state index in [0.29, 0.717) is 0 Å². The Balaban J connectivity index is 1.72. The van der Waals surface area contributed by atoms with E-state index in [-0.39, 0.29) is 24.1 Å². The first-order valence-corrected chi connectivity index (χ1v) is 7.80. The molecule has 0 bridgehead atoms. The number of hydrazine groups is 1. The number of hydrogen-bond donors (Lipinski definition) is 2. The van der Waals surface area contributed by atoms with Gasteiger partial charge < -0.3 is 0 Å². The fraction of sp³-hybridized carbons (Fsp3) is 0.267. The Morgan fingerprint density at radius 3 is 2.45 bits per heavy atom. The zero-order valence-corrected chi connectivity index (χ0v) is 13.3. The zero-order chi connectivity index (χ0) is 15.9. The van der Waals surface area contributed by atoms with Gasteiger partial charge in [0.15, 0.2) is 0 Å². The molecule has 1 aromatic carbocycles. The standard InChI is InChI=1S/C15H18N4O2S/c1-11-8-12(2)19(18-11)9-14(20)16-17-15(21)10-22-13-6-4-3-5-7-13/h3-8H,9-10H2,1-2H3,(H,16,20)(H,17,21). The third-order valence-corrected chi connectivity index (χ3v) is 3.86. The van der Waals surface area contributed by atoms with E-state index in [9.17, 15) is 9.59 Å². The molecule has 6 nitrogen and oxygen atoms in total. The van der Waals surface area contributed by atoms with Crippen molar-refractivity contribution in [3.8, 4) is 0 Å². The minimum Gasteiger partial charge on any atom is -0.272 e. The lowest BCUT2D eigenvalue weighted by Crippen LogP contribution is -2.44. The second-order valence-corrected chi connectivity index (χ2v) is 5.83. The highest BCUT2D eigenvalue weighted by atomic mass is 32.2. The molecule has 0 atom stereocenters. The van der Waals surface area contributed by atoms with Crippen LogP contribution in [-0.4, -0.2) is 27.3 Å². The molecule has 2 rings (SSSR count). The number of benzene rings is 1. The summed E-state index contributed by atoms with van der Waals surface area (Å²) < 4.78 is 1.59. The fourth-order valence-electron chi connectivity index (χ4n) is 1.85. The van der Waals surface area contributed by atoms with Crippen LogP contribution < -0.4 is 10.9 Å². The summed E-state index contributed by atoms with van der Waals surface area (Å²) in [4.78, 5) is 24.4. The summed E-state index contributed by atoms with van der Waals surface area (Å²) in [6.45, 7) is 3.82. The summed E-state index contributed by atoms with van der Waals surface area (Å²) in [5.41, 5.74) is 6.55. The normalized spacial score (nSPS) is 10.3. The van der Waals surface area contributed by atoms with E-state index in [0.717, 1.165) is 16.3 Å². The highest BCUT2D eigenvalue weighted by Crippen LogP contribution is 2.15. The Hall–Kier alpha value is -2.28. The van der Waals surface area contributed by atoms with Crippen molar-refractivity contribution in [3.63, 3.8) is 0 Å². The highest BCUT2D eigenvalue weighted by Gasteiger charge is 2.08. The van der Waals surface area contributed by atoms with Gasteiger partial charge in [-0.2, -0.15) is 5.10 Å². The zero-order valence-electron chi connectivity index (χ0n) is 12.5. The molecule has 22 heavy (non-hydrogen) atoms. The first-order chi connectivity index (χ1) is 10.5. The number of carbonyl (C=O) groups is 2. The maximum absolute atomic E-state index is 11.8. The second-order valence-electron chi connectivity index (χ2n) is 4.78. The van der Waals surface area contributed by atoms with Gasteiger partial charge in [-0.3, -0.25) is 25.1 Å². The summed E-state index contributed by atoms with van der Waals surface area (Å²) in [5, 5.41) is 4.19. The van der Waals surface area contributed by atoms with Crippen LogP contribution in [0.25, 0.3) is 0 Å². The number of aryl methyl sites for hydroxylation is 2. The predicted molar refractivity (Wildman–Crippen MR) is 85.2 cm³/mol. The van der Waals surface area contributed by atoms with E-state index in [1.807, 2.05) is 50.2 Å². The average molecular weight is 318 g/mol. The third kappa shape index (κ3) is 4.92. The van der Waals surface area contributed by atoms with Crippen molar-refractivity contribution in [2.24, 2.45) is 0 Å². The first-order valence-electron chi connectivity index (χ1n) is 6.81. The van der Waals surface area contributed by atoms with Gasteiger partial charge in [-0.05, 0) is 32.0 Å². The third-order valence-electron chi connectivity index (χ3n) is 2.85. The molecule has 1 aromatic heterocycles. The molecule has 0 fully saturated rings. The number of thioether (sulfide) groups is 1. The van der Waals surface area contributed by atoms with Crippen molar-refractivity contribution in [2.45, 2.75) is 25.3 Å². The molecule has 0 spiro atoms. The summed E-state index contributed by atoms with van der Waals surface area (Å²) in [6, 6.07) is 11.5. The Morgan fingerprint density at radius 1 is 1.14 bits per heavy atom. The summed E-state index contributed by atoms with van der Waals surface area (Å²) in [5.74, 6) is -0.329. The predicted octanol–water partition coefficient (Wildman–Crippen LogP) is 1.44. The van der Waals surface area contributed by atoms with E-state index < -0.39 is 0 Å². The number of amides is 2. The van der Waals surface area contributed by atoms with Gasteiger partial charge in [0, 0.05) is 10.6 Å². The van der Waals surface area contributed by atoms with E-state index >= 15 is 0 Å². The molecule has 0 unspecified atom stereocenters. The molecule has 0 aliphatic carbocycles. The van der Waals surface area contributed by atoms with Gasteiger partial charge in [-0.1, -0.05) is 18.2 Å². The van der Waals surface area contributed by atoms with Gasteiger partial charge in [-0.25, -0.2) is 0 Å². The number of rotatable bonds is 5. The van der Waals surface area contributed by atoms with Crippen molar-refractivity contribution in [3.05, 3.63) is 47.8 Å². The summed E-state index contributed by atoms with van der Waals surface area (Å²) >= 11 is 1.41. The molecule has 2 amide bonds. The van der Waals surface area contributed by atoms with E-state index in [2.05, 4.69) is 16.0 Å². The molecular formula is C15H18N4O2S. The summed E-state index contributed by atoms with van der Waals surface area (Å²) in [7, 11) is 0. The smallest absolute Gasteiger partial charge is 0.260 e. The minimum absolute atomic E-state index is 0.0752. The Bertz CT molecular complexity index is 655. The van der Waals surface area contributed by atoms with Crippen LogP contribution in [0.4, 0.5) is 0 Å². The van der Waals surface area contributed by atoms with Crippen molar-refractivity contribution >= 4 is 23.6 Å². The number of hydrogen-bond acceptors (Lipinski definition) is 4. The Kier molecular flexibility index (Phi) is 5.60. The summed E-state index contributed by atoms with van der Waals surface area (Å²) in [6.07, 6.45) is 0. The molecule has 0 aliphatic rings. The van der Waals surface area contributed by atoms with Gasteiger partial charge >= 0.3 is 0 Å². The lowest BCUT2D eigenvalue weighted by atomic mass is 10.4. The Labute approximate surface area is 133 Å². The maximum Gasteiger partial charge on any atom is 0.260 e. The molecule has 116 valence electrons. The number of aromatic nitrogens is 2. The number of nitrogens with one attached hydrogen (secondary N) is 2. The highest BCUT2D eigenvalue weighted by molar-refractivity contribution is 8.00. The van der Waals surface area contributed by atoms with Crippen LogP contribution in [0.3, 0.4) is 0 Å². The van der Waals surface area contributed by atoms with Gasteiger partial charge in [-0.15, -0.1) is 11.8 Å². The Morgan fingerprint density at radius 2 is 1.82 bits per heavy atom. The van der Waals surface area contributed by atoms with Crippen LogP contribution in [0.1, 0.15) is 11.4 Å². The molecule has 7 heteroatoms. The molecule has 0 saturated heterocycles. The SMILES string of the molecule is Cc1cc(C)n(CC(=O)NNC(=O)CSc2ccccc2)n1. The van der Waals surface area contributed by atoms with Crippen LogP contribution in [-0.2, 0) is 16.1 Å². The molecular weight excluding hydrogens is 300 g/mol. The molecule has 1 heterocycles. The fourth-order valence-corrected chi connectivity index (χ4v) is 2.57. The molecule has 2 N–H and O–H groups in total. The van der Waals surface area contributed by atoms with Crippen molar-refractivity contribution < 1.29 is 9.59 Å². The van der Waals surface area contributed by atoms with Gasteiger partial charge in [0.25, 0.3) is 5.91 Å². The van der Waals surface area contributed by atoms with Crippen molar-refractivity contribution in [1.82, 2.24) is 20.6 Å². The van der Waals surface area contributed by atoms with E-state index in [1.165, 1.54) is 11.8 Å².